The Bertz CT molecular complexity index is 831. The first kappa shape index (κ1) is 13.9. The van der Waals surface area contributed by atoms with Crippen LogP contribution in [-0.2, 0) is 6.54 Å². The maximum atomic E-state index is 11.2. The smallest absolute Gasteiger partial charge is 0.295 e. The van der Waals surface area contributed by atoms with E-state index in [0.29, 0.717) is 12.1 Å². The Balaban J connectivity index is 2.13. The number of nitro groups is 1. The van der Waals surface area contributed by atoms with E-state index in [1.54, 1.807) is 6.07 Å². The predicted octanol–water partition coefficient (Wildman–Crippen LogP) is 2.21. The number of aryl methyl sites for hydroxylation is 1. The van der Waals surface area contributed by atoms with E-state index in [9.17, 15) is 10.1 Å². The zero-order valence-electron chi connectivity index (χ0n) is 12.1. The van der Waals surface area contributed by atoms with Gasteiger partial charge in [-0.1, -0.05) is 12.1 Å². The van der Waals surface area contributed by atoms with Crippen LogP contribution in [0.5, 0.6) is 0 Å². The zero-order chi connectivity index (χ0) is 15.7. The molecule has 0 aliphatic carbocycles. The molecule has 2 heterocycles. The summed E-state index contributed by atoms with van der Waals surface area (Å²) < 4.78 is 0. The van der Waals surface area contributed by atoms with Crippen LogP contribution in [-0.4, -0.2) is 32.1 Å². The molecular weight excluding hydrogens is 284 g/mol. The number of nitrogens with one attached hydrogen (secondary N) is 1. The fourth-order valence-electron chi connectivity index (χ4n) is 2.42. The van der Waals surface area contributed by atoms with Crippen LogP contribution in [0.25, 0.3) is 10.9 Å². The molecule has 0 radical (unpaired) electrons. The van der Waals surface area contributed by atoms with Crippen LogP contribution >= 0.6 is 0 Å². The van der Waals surface area contributed by atoms with Gasteiger partial charge in [0.05, 0.1) is 11.5 Å². The number of aromatic amines is 1. The van der Waals surface area contributed by atoms with Crippen LogP contribution < -0.4 is 4.90 Å². The van der Waals surface area contributed by atoms with E-state index in [0.717, 1.165) is 22.6 Å². The molecule has 0 spiro atoms. The lowest BCUT2D eigenvalue weighted by Gasteiger charge is -2.20. The number of fused-ring (bicyclic) bond motifs is 1. The van der Waals surface area contributed by atoms with Gasteiger partial charge in [0.25, 0.3) is 5.69 Å². The normalized spacial score (nSPS) is 10.8. The molecule has 8 nitrogen and oxygen atoms in total. The molecule has 1 N–H and O–H groups in total. The van der Waals surface area contributed by atoms with E-state index in [1.807, 2.05) is 31.0 Å². The summed E-state index contributed by atoms with van der Waals surface area (Å²) in [4.78, 5) is 21.2. The molecule has 0 aliphatic heterocycles. The minimum Gasteiger partial charge on any atom is -0.366 e. The van der Waals surface area contributed by atoms with Crippen LogP contribution in [0.15, 0.2) is 30.6 Å². The number of hydrogen-bond donors (Lipinski definition) is 1. The van der Waals surface area contributed by atoms with Crippen molar-refractivity contribution in [1.29, 1.82) is 0 Å². The third-order valence-electron chi connectivity index (χ3n) is 3.38. The molecule has 3 aromatic rings. The van der Waals surface area contributed by atoms with E-state index in [4.69, 9.17) is 0 Å². The second-order valence-electron chi connectivity index (χ2n) is 5.00. The number of pyridine rings is 1. The van der Waals surface area contributed by atoms with Gasteiger partial charge in [-0.15, -0.1) is 0 Å². The van der Waals surface area contributed by atoms with Gasteiger partial charge in [0.1, 0.15) is 12.2 Å². The molecule has 0 fully saturated rings. The van der Waals surface area contributed by atoms with Gasteiger partial charge in [-0.25, -0.2) is 9.97 Å². The quantitative estimate of drug-likeness (QED) is 0.585. The summed E-state index contributed by atoms with van der Waals surface area (Å²) in [5.41, 5.74) is 1.99. The first-order chi connectivity index (χ1) is 10.6. The van der Waals surface area contributed by atoms with E-state index in [2.05, 4.69) is 20.2 Å². The summed E-state index contributed by atoms with van der Waals surface area (Å²) >= 11 is 0. The third kappa shape index (κ3) is 2.46. The van der Waals surface area contributed by atoms with Gasteiger partial charge in [0, 0.05) is 29.9 Å². The van der Waals surface area contributed by atoms with Gasteiger partial charge >= 0.3 is 0 Å². The van der Waals surface area contributed by atoms with Gasteiger partial charge in [0.15, 0.2) is 5.52 Å². The highest BCUT2D eigenvalue weighted by Gasteiger charge is 2.17. The average molecular weight is 298 g/mol. The van der Waals surface area contributed by atoms with Crippen molar-refractivity contribution in [3.63, 3.8) is 0 Å². The molecule has 3 rings (SSSR count). The number of benzene rings is 1. The number of nitro benzene ring substituents is 1. The van der Waals surface area contributed by atoms with Crippen LogP contribution in [0.3, 0.4) is 0 Å². The summed E-state index contributed by atoms with van der Waals surface area (Å²) in [7, 11) is 1.90. The maximum absolute atomic E-state index is 11.2. The van der Waals surface area contributed by atoms with Crippen LogP contribution in [0.4, 0.5) is 11.4 Å². The molecule has 8 heteroatoms. The number of anilines is 1. The highest BCUT2D eigenvalue weighted by molar-refractivity contribution is 5.97. The second kappa shape index (κ2) is 5.40. The topological polar surface area (TPSA) is 101 Å². The molecule has 0 amide bonds. The summed E-state index contributed by atoms with van der Waals surface area (Å²) in [6.07, 6.45) is 1.45. The third-order valence-corrected chi connectivity index (χ3v) is 3.38. The average Bonchev–Trinajstić information content (AvgIpc) is 2.98. The second-order valence-corrected chi connectivity index (χ2v) is 5.00. The van der Waals surface area contributed by atoms with Crippen molar-refractivity contribution in [2.45, 2.75) is 13.5 Å². The van der Waals surface area contributed by atoms with Crippen molar-refractivity contribution >= 4 is 22.3 Å². The minimum atomic E-state index is -0.408. The first-order valence-corrected chi connectivity index (χ1v) is 6.66. The van der Waals surface area contributed by atoms with E-state index >= 15 is 0 Å². The van der Waals surface area contributed by atoms with Crippen LogP contribution in [0.2, 0.25) is 0 Å². The first-order valence-electron chi connectivity index (χ1n) is 6.66. The van der Waals surface area contributed by atoms with Crippen molar-refractivity contribution in [2.24, 2.45) is 0 Å². The van der Waals surface area contributed by atoms with E-state index in [-0.39, 0.29) is 5.69 Å². The number of non-ortho nitro benzene ring substituents is 1. The Kier molecular flexibility index (Phi) is 3.42. The van der Waals surface area contributed by atoms with Crippen molar-refractivity contribution in [3.05, 3.63) is 52.2 Å². The molecule has 2 aromatic heterocycles. The summed E-state index contributed by atoms with van der Waals surface area (Å²) in [5.74, 6) is 0.718. The molecule has 0 saturated heterocycles. The summed E-state index contributed by atoms with van der Waals surface area (Å²) in [6, 6.07) is 6.88. The number of rotatable bonds is 4. The standard InChI is InChI=1S/C14H14N6O2/c1-9-6-12(19(2)7-13-15-8-16-18-13)10-4-3-5-11(20(21)22)14(10)17-9/h3-6,8H,7H2,1-2H3,(H,15,16,18). The van der Waals surface area contributed by atoms with Crippen molar-refractivity contribution < 1.29 is 4.92 Å². The Morgan fingerprint density at radius 2 is 2.23 bits per heavy atom. The van der Waals surface area contributed by atoms with Gasteiger partial charge in [0.2, 0.25) is 0 Å². The number of aromatic nitrogens is 4. The number of hydrogen-bond acceptors (Lipinski definition) is 6. The molecule has 0 saturated carbocycles. The Hall–Kier alpha value is -3.03. The van der Waals surface area contributed by atoms with Crippen molar-refractivity contribution in [2.75, 3.05) is 11.9 Å². The molecule has 0 atom stereocenters. The van der Waals surface area contributed by atoms with Gasteiger partial charge in [-0.2, -0.15) is 5.10 Å². The minimum absolute atomic E-state index is 0.00974. The lowest BCUT2D eigenvalue weighted by molar-refractivity contribution is -0.383. The lowest BCUT2D eigenvalue weighted by atomic mass is 10.1. The molecule has 0 bridgehead atoms. The highest BCUT2D eigenvalue weighted by Crippen LogP contribution is 2.31. The number of para-hydroxylation sites is 1. The number of H-pyrrole nitrogens is 1. The van der Waals surface area contributed by atoms with Crippen LogP contribution in [0.1, 0.15) is 11.5 Å². The maximum Gasteiger partial charge on any atom is 0.295 e. The molecule has 22 heavy (non-hydrogen) atoms. The molecule has 112 valence electrons. The highest BCUT2D eigenvalue weighted by atomic mass is 16.6. The van der Waals surface area contributed by atoms with Crippen molar-refractivity contribution in [1.82, 2.24) is 20.2 Å². The van der Waals surface area contributed by atoms with Gasteiger partial charge in [-0.3, -0.25) is 15.2 Å². The van der Waals surface area contributed by atoms with Crippen molar-refractivity contribution in [3.8, 4) is 0 Å². The SMILES string of the molecule is Cc1cc(N(C)Cc2ncn[nH]2)c2cccc([N+](=O)[O-])c2n1. The summed E-state index contributed by atoms with van der Waals surface area (Å²) in [5, 5.41) is 18.6. The fourth-order valence-corrected chi connectivity index (χ4v) is 2.42. The zero-order valence-corrected chi connectivity index (χ0v) is 12.1. The Morgan fingerprint density at radius 3 is 2.91 bits per heavy atom. The van der Waals surface area contributed by atoms with E-state index in [1.165, 1.54) is 12.4 Å². The van der Waals surface area contributed by atoms with Gasteiger partial charge < -0.3 is 4.90 Å². The van der Waals surface area contributed by atoms with Gasteiger partial charge in [-0.05, 0) is 13.0 Å². The Morgan fingerprint density at radius 1 is 1.41 bits per heavy atom. The molecule has 0 unspecified atom stereocenters. The lowest BCUT2D eigenvalue weighted by Crippen LogP contribution is -2.18. The molecule has 1 aromatic carbocycles. The molecular formula is C14H14N6O2. The van der Waals surface area contributed by atoms with Crippen LogP contribution in [0, 0.1) is 17.0 Å². The largest absolute Gasteiger partial charge is 0.366 e. The fraction of sp³-hybridized carbons (Fsp3) is 0.214. The predicted molar refractivity (Wildman–Crippen MR) is 81.6 cm³/mol. The number of nitrogens with zero attached hydrogens (tertiary/aromatic N) is 5. The van der Waals surface area contributed by atoms with E-state index < -0.39 is 4.92 Å². The summed E-state index contributed by atoms with van der Waals surface area (Å²) in [6.45, 7) is 2.34. The monoisotopic (exact) mass is 298 g/mol. The molecule has 0 aliphatic rings. The Labute approximate surface area is 126 Å².